The maximum atomic E-state index is 12.6. The number of carbonyl (C=O) groups excluding carboxylic acids is 2. The van der Waals surface area contributed by atoms with Gasteiger partial charge in [-0.15, -0.1) is 11.8 Å². The van der Waals surface area contributed by atoms with Crippen LogP contribution in [0.5, 0.6) is 5.75 Å². The molecule has 0 bridgehead atoms. The van der Waals surface area contributed by atoms with Crippen LogP contribution in [0.2, 0.25) is 5.02 Å². The molecule has 1 unspecified atom stereocenters. The highest BCUT2D eigenvalue weighted by atomic mass is 35.5. The van der Waals surface area contributed by atoms with E-state index in [0.717, 1.165) is 10.6 Å². The zero-order valence-electron chi connectivity index (χ0n) is 14.3. The molecule has 1 N–H and O–H groups in total. The predicted molar refractivity (Wildman–Crippen MR) is 104 cm³/mol. The summed E-state index contributed by atoms with van der Waals surface area (Å²) in [4.78, 5) is 27.4. The molecule has 1 aliphatic rings. The Balaban J connectivity index is 1.53. The van der Waals surface area contributed by atoms with Crippen molar-refractivity contribution in [2.75, 3.05) is 24.3 Å². The molecule has 1 fully saturated rings. The molecule has 0 aliphatic carbocycles. The van der Waals surface area contributed by atoms with Crippen LogP contribution in [0.25, 0.3) is 0 Å². The van der Waals surface area contributed by atoms with Crippen LogP contribution < -0.4 is 15.0 Å². The van der Waals surface area contributed by atoms with Crippen LogP contribution >= 0.6 is 23.4 Å². The van der Waals surface area contributed by atoms with Crippen LogP contribution in [-0.2, 0) is 9.59 Å². The highest BCUT2D eigenvalue weighted by Crippen LogP contribution is 2.29. The quantitative estimate of drug-likeness (QED) is 0.768. The van der Waals surface area contributed by atoms with E-state index < -0.39 is 6.04 Å². The third-order valence-electron chi connectivity index (χ3n) is 4.11. The van der Waals surface area contributed by atoms with Crippen LogP contribution in [0.1, 0.15) is 6.42 Å². The molecular weight excluding hydrogens is 372 g/mol. The Morgan fingerprint density at radius 2 is 2.00 bits per heavy atom. The highest BCUT2D eigenvalue weighted by molar-refractivity contribution is 8.00. The zero-order valence-corrected chi connectivity index (χ0v) is 15.8. The minimum Gasteiger partial charge on any atom is -0.497 e. The summed E-state index contributed by atoms with van der Waals surface area (Å²) in [5, 5.41) is 3.35. The molecule has 1 atom stereocenters. The van der Waals surface area contributed by atoms with Gasteiger partial charge in [-0.3, -0.25) is 9.59 Å². The molecule has 2 amide bonds. The molecule has 0 radical (unpaired) electrons. The summed E-state index contributed by atoms with van der Waals surface area (Å²) in [6.07, 6.45) is 0.572. The van der Waals surface area contributed by atoms with Gasteiger partial charge in [-0.2, -0.15) is 0 Å². The summed E-state index contributed by atoms with van der Waals surface area (Å²) in [5.41, 5.74) is 0.684. The summed E-state index contributed by atoms with van der Waals surface area (Å²) in [7, 11) is 1.61. The third-order valence-corrected chi connectivity index (χ3v) is 5.44. The van der Waals surface area contributed by atoms with E-state index >= 15 is 0 Å². The second-order valence-electron chi connectivity index (χ2n) is 5.81. The van der Waals surface area contributed by atoms with Gasteiger partial charge in [-0.1, -0.05) is 23.7 Å². The van der Waals surface area contributed by atoms with Crippen molar-refractivity contribution >= 4 is 40.9 Å². The van der Waals surface area contributed by atoms with Crippen LogP contribution in [0.3, 0.4) is 0 Å². The summed E-state index contributed by atoms with van der Waals surface area (Å²) in [5.74, 6) is 0.739. The number of para-hydroxylation sites is 1. The van der Waals surface area contributed by atoms with E-state index in [1.807, 2.05) is 42.5 Å². The van der Waals surface area contributed by atoms with Gasteiger partial charge >= 0.3 is 0 Å². The van der Waals surface area contributed by atoms with E-state index in [1.165, 1.54) is 11.8 Å². The second-order valence-corrected chi connectivity index (χ2v) is 7.27. The number of nitrogens with zero attached hydrogens (tertiary/aromatic N) is 1. The van der Waals surface area contributed by atoms with E-state index in [0.29, 0.717) is 23.7 Å². The fraction of sp³-hybridized carbons (Fsp3) is 0.263. The first-order chi connectivity index (χ1) is 12.6. The summed E-state index contributed by atoms with van der Waals surface area (Å²) < 4.78 is 5.11. The van der Waals surface area contributed by atoms with E-state index in [9.17, 15) is 9.59 Å². The average molecular weight is 391 g/mol. The number of anilines is 1. The second kappa shape index (κ2) is 8.47. The molecule has 0 saturated carbocycles. The largest absolute Gasteiger partial charge is 0.497 e. The number of methoxy groups -OCH3 is 1. The fourth-order valence-electron chi connectivity index (χ4n) is 2.78. The number of nitrogens with one attached hydrogen (secondary N) is 1. The van der Waals surface area contributed by atoms with Gasteiger partial charge in [-0.25, -0.2) is 0 Å². The molecule has 1 saturated heterocycles. The Bertz CT molecular complexity index is 798. The Kier molecular flexibility index (Phi) is 6.06. The van der Waals surface area contributed by atoms with Crippen molar-refractivity contribution in [2.45, 2.75) is 17.4 Å². The van der Waals surface area contributed by atoms with Gasteiger partial charge in [0.1, 0.15) is 11.8 Å². The molecule has 136 valence electrons. The molecule has 0 aromatic heterocycles. The monoisotopic (exact) mass is 390 g/mol. The first kappa shape index (κ1) is 18.6. The summed E-state index contributed by atoms with van der Waals surface area (Å²) in [6, 6.07) is 14.2. The van der Waals surface area contributed by atoms with Crippen LogP contribution in [-0.4, -0.2) is 37.3 Å². The third kappa shape index (κ3) is 4.31. The maximum absolute atomic E-state index is 12.6. The minimum absolute atomic E-state index is 0.124. The molecular formula is C19H19ClN2O3S. The number of carbonyl (C=O) groups is 2. The van der Waals surface area contributed by atoms with E-state index in [-0.39, 0.29) is 17.6 Å². The lowest BCUT2D eigenvalue weighted by atomic mass is 10.2. The van der Waals surface area contributed by atoms with Gasteiger partial charge in [0.2, 0.25) is 11.8 Å². The number of ether oxygens (including phenoxy) is 1. The van der Waals surface area contributed by atoms with Gasteiger partial charge in [-0.05, 0) is 42.8 Å². The zero-order chi connectivity index (χ0) is 18.5. The molecule has 2 aromatic carbocycles. The van der Waals surface area contributed by atoms with Crippen molar-refractivity contribution in [2.24, 2.45) is 0 Å². The van der Waals surface area contributed by atoms with Gasteiger partial charge in [0.25, 0.3) is 0 Å². The lowest BCUT2D eigenvalue weighted by Crippen LogP contribution is -2.42. The fourth-order valence-corrected chi connectivity index (χ4v) is 3.73. The van der Waals surface area contributed by atoms with Crippen molar-refractivity contribution in [1.82, 2.24) is 5.32 Å². The Morgan fingerprint density at radius 1 is 1.27 bits per heavy atom. The number of hydrogen-bond donors (Lipinski definition) is 1. The van der Waals surface area contributed by atoms with E-state index in [1.54, 1.807) is 18.1 Å². The first-order valence-corrected chi connectivity index (χ1v) is 9.57. The van der Waals surface area contributed by atoms with Crippen molar-refractivity contribution in [3.8, 4) is 5.75 Å². The highest BCUT2D eigenvalue weighted by Gasteiger charge is 2.34. The van der Waals surface area contributed by atoms with Gasteiger partial charge in [0, 0.05) is 11.4 Å². The average Bonchev–Trinajstić information content (AvgIpc) is 3.01. The molecule has 5 nitrogen and oxygen atoms in total. The number of amides is 2. The SMILES string of the molecule is COc1ccc(SCC(=O)NC2CCN(c3ccccc3Cl)C2=O)cc1. The molecule has 3 rings (SSSR count). The Hall–Kier alpha value is -2.18. The molecule has 1 heterocycles. The molecule has 7 heteroatoms. The first-order valence-electron chi connectivity index (χ1n) is 8.20. The van der Waals surface area contributed by atoms with Crippen LogP contribution in [0.4, 0.5) is 5.69 Å². The molecule has 26 heavy (non-hydrogen) atoms. The van der Waals surface area contributed by atoms with E-state index in [4.69, 9.17) is 16.3 Å². The normalized spacial score (nSPS) is 16.6. The van der Waals surface area contributed by atoms with Gasteiger partial charge < -0.3 is 15.0 Å². The van der Waals surface area contributed by atoms with Crippen molar-refractivity contribution in [3.63, 3.8) is 0 Å². The number of benzene rings is 2. The van der Waals surface area contributed by atoms with Gasteiger partial charge in [0.05, 0.1) is 23.6 Å². The number of thioether (sulfide) groups is 1. The number of hydrogen-bond acceptors (Lipinski definition) is 4. The van der Waals surface area contributed by atoms with Gasteiger partial charge in [0.15, 0.2) is 0 Å². The van der Waals surface area contributed by atoms with Crippen molar-refractivity contribution in [1.29, 1.82) is 0 Å². The number of halogens is 1. The van der Waals surface area contributed by atoms with E-state index in [2.05, 4.69) is 5.32 Å². The standard InChI is InChI=1S/C19H19ClN2O3S/c1-25-13-6-8-14(9-7-13)26-12-18(23)21-16-10-11-22(19(16)24)17-5-3-2-4-15(17)20/h2-9,16H,10-12H2,1H3,(H,21,23). The van der Waals surface area contributed by atoms with Crippen LogP contribution in [0.15, 0.2) is 53.4 Å². The Morgan fingerprint density at radius 3 is 2.69 bits per heavy atom. The Labute approximate surface area is 161 Å². The lowest BCUT2D eigenvalue weighted by Gasteiger charge is -2.18. The topological polar surface area (TPSA) is 58.6 Å². The number of rotatable bonds is 6. The molecule has 2 aromatic rings. The summed E-state index contributed by atoms with van der Waals surface area (Å²) in [6.45, 7) is 0.541. The lowest BCUT2D eigenvalue weighted by molar-refractivity contribution is -0.124. The van der Waals surface area contributed by atoms with Crippen molar-refractivity contribution < 1.29 is 14.3 Å². The van der Waals surface area contributed by atoms with Crippen LogP contribution in [0, 0.1) is 0 Å². The smallest absolute Gasteiger partial charge is 0.249 e. The molecule has 0 spiro atoms. The van der Waals surface area contributed by atoms with Crippen molar-refractivity contribution in [3.05, 3.63) is 53.6 Å². The predicted octanol–water partition coefficient (Wildman–Crippen LogP) is 3.36. The maximum Gasteiger partial charge on any atom is 0.249 e. The molecule has 1 aliphatic heterocycles. The minimum atomic E-state index is -0.504. The summed E-state index contributed by atoms with van der Waals surface area (Å²) >= 11 is 7.59.